The fourth-order valence-electron chi connectivity index (χ4n) is 2.34. The van der Waals surface area contributed by atoms with Gasteiger partial charge in [0.15, 0.2) is 0 Å². The van der Waals surface area contributed by atoms with Crippen LogP contribution in [0.1, 0.15) is 27.3 Å². The molecule has 140 valence electrons. The van der Waals surface area contributed by atoms with Crippen LogP contribution in [-0.2, 0) is 16.6 Å². The molecule has 1 amide bonds. The third kappa shape index (κ3) is 4.03. The van der Waals surface area contributed by atoms with E-state index in [0.717, 1.165) is 15.7 Å². The molecule has 2 aromatic heterocycles. The molecule has 7 nitrogen and oxygen atoms in total. The normalized spacial score (nSPS) is 11.4. The highest BCUT2D eigenvalue weighted by Gasteiger charge is 2.19. The Morgan fingerprint density at radius 3 is 2.63 bits per heavy atom. The lowest BCUT2D eigenvalue weighted by atomic mass is 10.2. The van der Waals surface area contributed by atoms with E-state index in [9.17, 15) is 17.6 Å². The van der Waals surface area contributed by atoms with Crippen molar-refractivity contribution in [3.63, 3.8) is 0 Å². The Hall–Kier alpha value is -3.07. The van der Waals surface area contributed by atoms with Crippen LogP contribution >= 0.6 is 0 Å². The van der Waals surface area contributed by atoms with Crippen LogP contribution in [0.5, 0.6) is 0 Å². The highest BCUT2D eigenvalue weighted by Crippen LogP contribution is 2.18. The lowest BCUT2D eigenvalue weighted by Crippen LogP contribution is -2.23. The maximum absolute atomic E-state index is 13.4. The molecule has 0 aliphatic heterocycles. The summed E-state index contributed by atoms with van der Waals surface area (Å²) in [6.45, 7) is 3.46. The molecule has 0 aliphatic rings. The number of nitrogens with one attached hydrogen (secondary N) is 1. The molecule has 1 aromatic carbocycles. The van der Waals surface area contributed by atoms with Crippen molar-refractivity contribution in [1.29, 1.82) is 0 Å². The van der Waals surface area contributed by atoms with Crippen molar-refractivity contribution in [3.8, 4) is 0 Å². The minimum atomic E-state index is -3.92. The zero-order valence-corrected chi connectivity index (χ0v) is 15.5. The van der Waals surface area contributed by atoms with Gasteiger partial charge >= 0.3 is 0 Å². The number of carbonyl (C=O) groups excluding carboxylic acids is 1. The van der Waals surface area contributed by atoms with Gasteiger partial charge in [-0.1, -0.05) is 0 Å². The van der Waals surface area contributed by atoms with Crippen LogP contribution in [0.2, 0.25) is 0 Å². The Labute approximate surface area is 156 Å². The van der Waals surface area contributed by atoms with Gasteiger partial charge in [-0.15, -0.1) is 0 Å². The predicted molar refractivity (Wildman–Crippen MR) is 96.1 cm³/mol. The zero-order valence-electron chi connectivity index (χ0n) is 14.7. The number of carbonyl (C=O) groups is 1. The lowest BCUT2D eigenvalue weighted by molar-refractivity contribution is 0.0950. The van der Waals surface area contributed by atoms with Crippen LogP contribution in [0.4, 0.5) is 4.39 Å². The van der Waals surface area contributed by atoms with Gasteiger partial charge in [-0.2, -0.15) is 0 Å². The fourth-order valence-corrected chi connectivity index (χ4v) is 3.63. The first kappa shape index (κ1) is 18.7. The van der Waals surface area contributed by atoms with E-state index in [1.54, 1.807) is 19.3 Å². The van der Waals surface area contributed by atoms with E-state index in [0.29, 0.717) is 5.69 Å². The molecule has 3 rings (SSSR count). The summed E-state index contributed by atoms with van der Waals surface area (Å²) < 4.78 is 39.6. The Bertz CT molecular complexity index is 1090. The minimum Gasteiger partial charge on any atom is -0.346 e. The molecule has 0 saturated heterocycles. The second kappa shape index (κ2) is 7.28. The molecule has 0 fully saturated rings. The van der Waals surface area contributed by atoms with Gasteiger partial charge in [0.2, 0.25) is 0 Å². The molecule has 0 radical (unpaired) electrons. The Balaban J connectivity index is 1.75. The Kier molecular flexibility index (Phi) is 5.04. The van der Waals surface area contributed by atoms with E-state index in [4.69, 9.17) is 0 Å². The number of hydrogen-bond donors (Lipinski definition) is 1. The molecular weight excluding hydrogens is 371 g/mol. The highest BCUT2D eigenvalue weighted by atomic mass is 32.2. The van der Waals surface area contributed by atoms with Gasteiger partial charge in [-0.25, -0.2) is 16.8 Å². The number of aromatic nitrogens is 3. The zero-order chi connectivity index (χ0) is 19.6. The second-order valence-corrected chi connectivity index (χ2v) is 7.82. The Morgan fingerprint density at radius 2 is 1.96 bits per heavy atom. The molecular formula is C18H17FN4O3S. The summed E-state index contributed by atoms with van der Waals surface area (Å²) in [5.41, 5.74) is 1.75. The van der Waals surface area contributed by atoms with E-state index in [1.807, 2.05) is 0 Å². The van der Waals surface area contributed by atoms with Gasteiger partial charge in [0, 0.05) is 18.6 Å². The topological polar surface area (TPSA) is 94.0 Å². The maximum Gasteiger partial charge on any atom is 0.267 e. The van der Waals surface area contributed by atoms with Gasteiger partial charge in [0.25, 0.3) is 15.9 Å². The smallest absolute Gasteiger partial charge is 0.267 e. The quantitative estimate of drug-likeness (QED) is 0.723. The largest absolute Gasteiger partial charge is 0.346 e. The van der Waals surface area contributed by atoms with Gasteiger partial charge < -0.3 is 5.32 Å². The molecule has 3 aromatic rings. The molecule has 0 spiro atoms. The molecule has 0 bridgehead atoms. The van der Waals surface area contributed by atoms with E-state index in [1.165, 1.54) is 37.5 Å². The summed E-state index contributed by atoms with van der Waals surface area (Å²) >= 11 is 0. The summed E-state index contributed by atoms with van der Waals surface area (Å²) in [7, 11) is -3.92. The first-order chi connectivity index (χ1) is 12.8. The lowest BCUT2D eigenvalue weighted by Gasteiger charge is -2.07. The Morgan fingerprint density at radius 1 is 1.19 bits per heavy atom. The van der Waals surface area contributed by atoms with Crippen molar-refractivity contribution in [2.75, 3.05) is 0 Å². The van der Waals surface area contributed by atoms with Crippen molar-refractivity contribution in [1.82, 2.24) is 19.3 Å². The fraction of sp³-hybridized carbons (Fsp3) is 0.167. The van der Waals surface area contributed by atoms with E-state index < -0.39 is 21.7 Å². The number of aryl methyl sites for hydroxylation is 2. The first-order valence-electron chi connectivity index (χ1n) is 8.03. The van der Waals surface area contributed by atoms with Crippen LogP contribution in [0.25, 0.3) is 0 Å². The van der Waals surface area contributed by atoms with Gasteiger partial charge in [-0.05, 0) is 43.7 Å². The number of halogens is 1. The molecule has 0 saturated carbocycles. The monoisotopic (exact) mass is 388 g/mol. The molecule has 0 atom stereocenters. The molecule has 2 heterocycles. The SMILES string of the molecule is Cc1cnc(CNC(=O)c2ccn(S(=O)(=O)c3ccc(F)c(C)c3)c2)cn1. The number of hydrogen-bond acceptors (Lipinski definition) is 5. The third-order valence-corrected chi connectivity index (χ3v) is 5.53. The molecule has 27 heavy (non-hydrogen) atoms. The highest BCUT2D eigenvalue weighted by molar-refractivity contribution is 7.90. The molecule has 9 heteroatoms. The van der Waals surface area contributed by atoms with Crippen LogP contribution < -0.4 is 5.32 Å². The van der Waals surface area contributed by atoms with Gasteiger partial charge in [0.05, 0.1) is 34.6 Å². The summed E-state index contributed by atoms with van der Waals surface area (Å²) in [5, 5.41) is 2.66. The van der Waals surface area contributed by atoms with Crippen LogP contribution in [-0.4, -0.2) is 28.3 Å². The van der Waals surface area contributed by atoms with Crippen LogP contribution in [0.3, 0.4) is 0 Å². The van der Waals surface area contributed by atoms with Crippen molar-refractivity contribution >= 4 is 15.9 Å². The van der Waals surface area contributed by atoms with Gasteiger partial charge in [-0.3, -0.25) is 14.8 Å². The van der Waals surface area contributed by atoms with Crippen molar-refractivity contribution in [3.05, 3.63) is 77.4 Å². The number of nitrogens with zero attached hydrogens (tertiary/aromatic N) is 3. The number of amides is 1. The van der Waals surface area contributed by atoms with E-state index >= 15 is 0 Å². The second-order valence-electron chi connectivity index (χ2n) is 5.98. The summed E-state index contributed by atoms with van der Waals surface area (Å²) in [5.74, 6) is -0.928. The van der Waals surface area contributed by atoms with E-state index in [-0.39, 0.29) is 22.6 Å². The van der Waals surface area contributed by atoms with Crippen molar-refractivity contribution in [2.24, 2.45) is 0 Å². The standard InChI is InChI=1S/C18H17FN4O3S/c1-12-7-16(3-4-17(12)19)27(25,26)23-6-5-14(11-23)18(24)22-10-15-9-20-13(2)8-21-15/h3-9,11H,10H2,1-2H3,(H,22,24). The van der Waals surface area contributed by atoms with Crippen molar-refractivity contribution in [2.45, 2.75) is 25.3 Å². The number of benzene rings is 1. The summed E-state index contributed by atoms with van der Waals surface area (Å²) in [6, 6.07) is 4.93. The van der Waals surface area contributed by atoms with Crippen LogP contribution in [0.15, 0.2) is 53.9 Å². The molecule has 1 N–H and O–H groups in total. The number of rotatable bonds is 5. The van der Waals surface area contributed by atoms with Crippen molar-refractivity contribution < 1.29 is 17.6 Å². The first-order valence-corrected chi connectivity index (χ1v) is 9.47. The molecule has 0 aliphatic carbocycles. The average Bonchev–Trinajstić information content (AvgIpc) is 3.14. The molecule has 0 unspecified atom stereocenters. The summed E-state index contributed by atoms with van der Waals surface area (Å²) in [4.78, 5) is 20.4. The predicted octanol–water partition coefficient (Wildman–Crippen LogP) is 2.20. The maximum atomic E-state index is 13.4. The van der Waals surface area contributed by atoms with E-state index in [2.05, 4.69) is 15.3 Å². The summed E-state index contributed by atoms with van der Waals surface area (Å²) in [6.07, 6.45) is 5.64. The van der Waals surface area contributed by atoms with Gasteiger partial charge in [0.1, 0.15) is 5.82 Å². The third-order valence-electron chi connectivity index (χ3n) is 3.90. The van der Waals surface area contributed by atoms with Crippen LogP contribution in [0, 0.1) is 19.7 Å². The average molecular weight is 388 g/mol. The minimum absolute atomic E-state index is 0.0566.